The zero-order chi connectivity index (χ0) is 20.5. The van der Waals surface area contributed by atoms with Crippen LogP contribution >= 0.6 is 11.6 Å². The van der Waals surface area contributed by atoms with Crippen molar-refractivity contribution < 1.29 is 9.21 Å². The fourth-order valence-electron chi connectivity index (χ4n) is 4.06. The van der Waals surface area contributed by atoms with Gasteiger partial charge in [-0.15, -0.1) is 0 Å². The minimum Gasteiger partial charge on any atom is -0.445 e. The summed E-state index contributed by atoms with van der Waals surface area (Å²) in [5.41, 5.74) is 2.34. The fraction of sp³-hybridized carbons (Fsp3) is 0.261. The van der Waals surface area contributed by atoms with Crippen molar-refractivity contribution in [3.63, 3.8) is 0 Å². The zero-order valence-electron chi connectivity index (χ0n) is 16.3. The summed E-state index contributed by atoms with van der Waals surface area (Å²) in [6.07, 6.45) is 4.21. The number of benzene rings is 2. The molecular weight excluding hydrogens is 400 g/mol. The highest BCUT2D eigenvalue weighted by Crippen LogP contribution is 2.29. The molecule has 152 valence electrons. The van der Waals surface area contributed by atoms with E-state index in [1.54, 1.807) is 6.20 Å². The SMILES string of the molecule is O=C(c1n[nH]c2ccccc12)N1CCC[C@@H](c2ncc(Cc3ccccc3Cl)o2)C1. The Morgan fingerprint density at radius 3 is 2.93 bits per heavy atom. The number of rotatable bonds is 4. The van der Waals surface area contributed by atoms with Crippen LogP contribution in [0.5, 0.6) is 0 Å². The van der Waals surface area contributed by atoms with Crippen LogP contribution in [0.3, 0.4) is 0 Å². The van der Waals surface area contributed by atoms with Crippen LogP contribution in [0.2, 0.25) is 5.02 Å². The summed E-state index contributed by atoms with van der Waals surface area (Å²) in [6, 6.07) is 15.4. The number of amides is 1. The number of oxazole rings is 1. The molecule has 0 spiro atoms. The fourth-order valence-corrected chi connectivity index (χ4v) is 4.26. The van der Waals surface area contributed by atoms with Crippen molar-refractivity contribution in [1.29, 1.82) is 0 Å². The number of nitrogens with one attached hydrogen (secondary N) is 1. The molecule has 4 aromatic rings. The van der Waals surface area contributed by atoms with Gasteiger partial charge in [-0.1, -0.05) is 48.0 Å². The first-order chi connectivity index (χ1) is 14.7. The predicted octanol–water partition coefficient (Wildman–Crippen LogP) is 4.81. The molecule has 0 saturated carbocycles. The Kier molecular flexibility index (Phi) is 5.01. The Morgan fingerprint density at radius 2 is 2.03 bits per heavy atom. The monoisotopic (exact) mass is 420 g/mol. The lowest BCUT2D eigenvalue weighted by Crippen LogP contribution is -2.39. The van der Waals surface area contributed by atoms with Crippen molar-refractivity contribution in [3.05, 3.63) is 82.7 Å². The Morgan fingerprint density at radius 1 is 1.20 bits per heavy atom. The molecular formula is C23H21ClN4O2. The minimum absolute atomic E-state index is 0.0556. The van der Waals surface area contributed by atoms with Crippen molar-refractivity contribution in [2.24, 2.45) is 0 Å². The number of carbonyl (C=O) groups is 1. The molecule has 30 heavy (non-hydrogen) atoms. The van der Waals surface area contributed by atoms with Crippen LogP contribution in [0.25, 0.3) is 10.9 Å². The largest absolute Gasteiger partial charge is 0.445 e. The highest BCUT2D eigenvalue weighted by Gasteiger charge is 2.30. The molecule has 7 heteroatoms. The Balaban J connectivity index is 1.32. The Bertz CT molecular complexity index is 1200. The van der Waals surface area contributed by atoms with E-state index in [1.165, 1.54) is 0 Å². The molecule has 1 atom stereocenters. The number of para-hydroxylation sites is 1. The van der Waals surface area contributed by atoms with E-state index in [9.17, 15) is 4.79 Å². The molecule has 1 saturated heterocycles. The molecule has 0 bridgehead atoms. The molecule has 1 N–H and O–H groups in total. The van der Waals surface area contributed by atoms with Gasteiger partial charge in [0.2, 0.25) is 0 Å². The van der Waals surface area contributed by atoms with E-state index < -0.39 is 0 Å². The number of nitrogens with zero attached hydrogens (tertiary/aromatic N) is 3. The standard InChI is InChI=1S/C23H21ClN4O2/c24-19-9-3-1-6-15(19)12-17-13-25-22(30-17)16-7-5-11-28(14-16)23(29)21-18-8-2-4-10-20(18)26-27-21/h1-4,6,8-10,13,16H,5,7,11-12,14H2,(H,26,27)/t16-/m1/s1. The average Bonchev–Trinajstić information content (AvgIpc) is 3.42. The van der Waals surface area contributed by atoms with Crippen LogP contribution in [0.15, 0.2) is 59.1 Å². The maximum atomic E-state index is 13.1. The molecule has 0 unspecified atom stereocenters. The number of piperidine rings is 1. The topological polar surface area (TPSA) is 75.0 Å². The van der Waals surface area contributed by atoms with E-state index in [2.05, 4.69) is 15.2 Å². The molecule has 1 aliphatic rings. The number of hydrogen-bond donors (Lipinski definition) is 1. The highest BCUT2D eigenvalue weighted by molar-refractivity contribution is 6.31. The Labute approximate surface area is 178 Å². The number of carbonyl (C=O) groups excluding carboxylic acids is 1. The van der Waals surface area contributed by atoms with Gasteiger partial charge >= 0.3 is 0 Å². The molecule has 1 fully saturated rings. The van der Waals surface area contributed by atoms with Crippen LogP contribution in [0.4, 0.5) is 0 Å². The lowest BCUT2D eigenvalue weighted by atomic mass is 9.97. The average molecular weight is 421 g/mol. The number of H-pyrrole nitrogens is 1. The normalized spacial score (nSPS) is 16.8. The molecule has 6 nitrogen and oxygen atoms in total. The van der Waals surface area contributed by atoms with E-state index in [0.29, 0.717) is 31.1 Å². The second-order valence-electron chi connectivity index (χ2n) is 7.64. The lowest BCUT2D eigenvalue weighted by molar-refractivity contribution is 0.0694. The van der Waals surface area contributed by atoms with Crippen molar-refractivity contribution in [3.8, 4) is 0 Å². The van der Waals surface area contributed by atoms with E-state index in [4.69, 9.17) is 16.0 Å². The van der Waals surface area contributed by atoms with Crippen LogP contribution in [0.1, 0.15) is 46.5 Å². The van der Waals surface area contributed by atoms with E-state index in [1.807, 2.05) is 53.4 Å². The predicted molar refractivity (Wildman–Crippen MR) is 115 cm³/mol. The first-order valence-electron chi connectivity index (χ1n) is 10.1. The second-order valence-corrected chi connectivity index (χ2v) is 8.05. The first kappa shape index (κ1) is 18.9. The van der Waals surface area contributed by atoms with Crippen molar-refractivity contribution >= 4 is 28.4 Å². The number of aromatic amines is 1. The molecule has 1 amide bonds. The Hall–Kier alpha value is -3.12. The molecule has 5 rings (SSSR count). The summed E-state index contributed by atoms with van der Waals surface area (Å²) >= 11 is 6.26. The van der Waals surface area contributed by atoms with Gasteiger partial charge in [-0.05, 0) is 30.5 Å². The third-order valence-corrected chi connectivity index (χ3v) is 5.99. The molecule has 3 heterocycles. The molecule has 0 radical (unpaired) electrons. The molecule has 2 aromatic carbocycles. The van der Waals surface area contributed by atoms with Gasteiger partial charge in [-0.3, -0.25) is 9.89 Å². The molecule has 0 aliphatic carbocycles. The van der Waals surface area contributed by atoms with E-state index in [0.717, 1.165) is 40.1 Å². The number of fused-ring (bicyclic) bond motifs is 1. The zero-order valence-corrected chi connectivity index (χ0v) is 17.1. The van der Waals surface area contributed by atoms with Gasteiger partial charge in [-0.25, -0.2) is 4.98 Å². The van der Waals surface area contributed by atoms with Gasteiger partial charge in [0.05, 0.1) is 17.6 Å². The van der Waals surface area contributed by atoms with Gasteiger partial charge in [0.25, 0.3) is 5.91 Å². The third-order valence-electron chi connectivity index (χ3n) is 5.62. The van der Waals surface area contributed by atoms with Gasteiger partial charge in [0, 0.05) is 29.9 Å². The third kappa shape index (κ3) is 3.59. The van der Waals surface area contributed by atoms with Crippen LogP contribution < -0.4 is 0 Å². The second kappa shape index (κ2) is 7.95. The van der Waals surface area contributed by atoms with Crippen molar-refractivity contribution in [2.75, 3.05) is 13.1 Å². The summed E-state index contributed by atoms with van der Waals surface area (Å²) in [6.45, 7) is 1.29. The van der Waals surface area contributed by atoms with Crippen LogP contribution in [0, 0.1) is 0 Å². The lowest BCUT2D eigenvalue weighted by Gasteiger charge is -2.30. The molecule has 2 aromatic heterocycles. The highest BCUT2D eigenvalue weighted by atomic mass is 35.5. The summed E-state index contributed by atoms with van der Waals surface area (Å²) in [4.78, 5) is 19.5. The summed E-state index contributed by atoms with van der Waals surface area (Å²) in [5, 5.41) is 8.77. The summed E-state index contributed by atoms with van der Waals surface area (Å²) in [5.74, 6) is 1.48. The minimum atomic E-state index is -0.0556. The maximum Gasteiger partial charge on any atom is 0.275 e. The number of likely N-dealkylation sites (tertiary alicyclic amines) is 1. The summed E-state index contributed by atoms with van der Waals surface area (Å²) in [7, 11) is 0. The number of aromatic nitrogens is 3. The smallest absolute Gasteiger partial charge is 0.275 e. The van der Waals surface area contributed by atoms with Gasteiger partial charge in [-0.2, -0.15) is 5.10 Å². The van der Waals surface area contributed by atoms with Gasteiger partial charge in [0.1, 0.15) is 5.76 Å². The van der Waals surface area contributed by atoms with E-state index in [-0.39, 0.29) is 11.8 Å². The van der Waals surface area contributed by atoms with Gasteiger partial charge < -0.3 is 9.32 Å². The summed E-state index contributed by atoms with van der Waals surface area (Å²) < 4.78 is 6.04. The molecule has 1 aliphatic heterocycles. The maximum absolute atomic E-state index is 13.1. The van der Waals surface area contributed by atoms with Gasteiger partial charge in [0.15, 0.2) is 11.6 Å². The number of halogens is 1. The van der Waals surface area contributed by atoms with E-state index >= 15 is 0 Å². The van der Waals surface area contributed by atoms with Crippen molar-refractivity contribution in [1.82, 2.24) is 20.1 Å². The van der Waals surface area contributed by atoms with Crippen LogP contribution in [-0.4, -0.2) is 39.1 Å². The quantitative estimate of drug-likeness (QED) is 0.513. The first-order valence-corrected chi connectivity index (χ1v) is 10.5. The van der Waals surface area contributed by atoms with Crippen LogP contribution in [-0.2, 0) is 6.42 Å². The van der Waals surface area contributed by atoms with Crippen molar-refractivity contribution in [2.45, 2.75) is 25.2 Å². The number of hydrogen-bond acceptors (Lipinski definition) is 4.